The SMILES string of the molecule is CN(C[C@@H](NC(=O)OC(C)(C)C)C(C)(C)C)[S+](C)[O-]. The molecule has 0 aliphatic carbocycles. The zero-order chi connectivity index (χ0) is 15.4. The van der Waals surface area contributed by atoms with Gasteiger partial charge in [0.15, 0.2) is 0 Å². The first-order valence-corrected chi connectivity index (χ1v) is 7.88. The van der Waals surface area contributed by atoms with Crippen molar-refractivity contribution in [3.63, 3.8) is 0 Å². The average molecular weight is 292 g/mol. The average Bonchev–Trinajstić information content (AvgIpc) is 2.11. The van der Waals surface area contributed by atoms with Crippen molar-refractivity contribution in [2.75, 3.05) is 19.8 Å². The van der Waals surface area contributed by atoms with Gasteiger partial charge in [0.05, 0.1) is 12.6 Å². The van der Waals surface area contributed by atoms with E-state index in [0.717, 1.165) is 0 Å². The second-order valence-electron chi connectivity index (χ2n) is 6.80. The minimum absolute atomic E-state index is 0.142. The van der Waals surface area contributed by atoms with Gasteiger partial charge in [0.2, 0.25) is 0 Å². The Morgan fingerprint density at radius 2 is 1.79 bits per heavy atom. The number of ether oxygens (including phenoxy) is 1. The normalized spacial score (nSPS) is 16.1. The van der Waals surface area contributed by atoms with Crippen molar-refractivity contribution in [2.24, 2.45) is 5.41 Å². The smallest absolute Gasteiger partial charge is 0.407 e. The summed E-state index contributed by atoms with van der Waals surface area (Å²) in [6.07, 6.45) is 1.18. The summed E-state index contributed by atoms with van der Waals surface area (Å²) >= 11 is -1.06. The first kappa shape index (κ1) is 18.5. The van der Waals surface area contributed by atoms with Gasteiger partial charge in [-0.15, -0.1) is 4.31 Å². The van der Waals surface area contributed by atoms with Gasteiger partial charge in [0.1, 0.15) is 11.9 Å². The van der Waals surface area contributed by atoms with E-state index < -0.39 is 23.1 Å². The number of hydrogen-bond donors (Lipinski definition) is 1. The molecule has 1 amide bonds. The van der Waals surface area contributed by atoms with Crippen molar-refractivity contribution in [1.29, 1.82) is 0 Å². The first-order chi connectivity index (χ1) is 8.33. The van der Waals surface area contributed by atoms with E-state index in [2.05, 4.69) is 5.32 Å². The van der Waals surface area contributed by atoms with Gasteiger partial charge in [-0.1, -0.05) is 20.8 Å². The number of nitrogens with one attached hydrogen (secondary N) is 1. The van der Waals surface area contributed by atoms with Crippen molar-refractivity contribution in [2.45, 2.75) is 53.2 Å². The Bertz CT molecular complexity index is 295. The van der Waals surface area contributed by atoms with Gasteiger partial charge in [-0.05, 0) is 26.2 Å². The predicted molar refractivity (Wildman–Crippen MR) is 79.3 cm³/mol. The van der Waals surface area contributed by atoms with Gasteiger partial charge in [-0.2, -0.15) is 0 Å². The fourth-order valence-corrected chi connectivity index (χ4v) is 1.71. The van der Waals surface area contributed by atoms with Crippen LogP contribution < -0.4 is 5.32 Å². The molecule has 6 heteroatoms. The van der Waals surface area contributed by atoms with E-state index >= 15 is 0 Å². The summed E-state index contributed by atoms with van der Waals surface area (Å²) in [7, 11) is 1.77. The first-order valence-electron chi connectivity index (χ1n) is 6.37. The summed E-state index contributed by atoms with van der Waals surface area (Å²) in [6, 6.07) is -0.142. The number of alkyl carbamates (subject to hydrolysis) is 1. The number of rotatable bonds is 4. The highest BCUT2D eigenvalue weighted by atomic mass is 32.2. The molecule has 0 bridgehead atoms. The number of amides is 1. The highest BCUT2D eigenvalue weighted by molar-refractivity contribution is 7.88. The molecule has 0 aromatic carbocycles. The lowest BCUT2D eigenvalue weighted by Gasteiger charge is -2.34. The molecule has 5 nitrogen and oxygen atoms in total. The second-order valence-corrected chi connectivity index (χ2v) is 8.27. The van der Waals surface area contributed by atoms with Crippen LogP contribution in [0, 0.1) is 5.41 Å². The van der Waals surface area contributed by atoms with E-state index in [1.165, 1.54) is 0 Å². The molecule has 1 unspecified atom stereocenters. The van der Waals surface area contributed by atoms with Crippen LogP contribution in [0.4, 0.5) is 4.79 Å². The molecule has 0 radical (unpaired) electrons. The predicted octanol–water partition coefficient (Wildman–Crippen LogP) is 2.15. The maximum Gasteiger partial charge on any atom is 0.407 e. The number of carbonyl (C=O) groups is 1. The quantitative estimate of drug-likeness (QED) is 0.806. The molecule has 0 rings (SSSR count). The van der Waals surface area contributed by atoms with Crippen LogP contribution >= 0.6 is 0 Å². The van der Waals surface area contributed by atoms with E-state index in [0.29, 0.717) is 6.54 Å². The lowest BCUT2D eigenvalue weighted by atomic mass is 9.87. The highest BCUT2D eigenvalue weighted by Gasteiger charge is 2.31. The van der Waals surface area contributed by atoms with Crippen LogP contribution in [0.2, 0.25) is 0 Å². The summed E-state index contributed by atoms with van der Waals surface area (Å²) < 4.78 is 18.4. The number of nitrogens with zero attached hydrogens (tertiary/aromatic N) is 1. The van der Waals surface area contributed by atoms with Crippen LogP contribution in [0.3, 0.4) is 0 Å². The van der Waals surface area contributed by atoms with Crippen molar-refractivity contribution >= 4 is 17.5 Å². The second kappa shape index (κ2) is 6.81. The Balaban J connectivity index is 4.67. The number of hydrogen-bond acceptors (Lipinski definition) is 4. The van der Waals surface area contributed by atoms with E-state index in [9.17, 15) is 9.35 Å². The maximum atomic E-state index is 11.8. The Morgan fingerprint density at radius 3 is 2.11 bits per heavy atom. The molecular weight excluding hydrogens is 264 g/mol. The third-order valence-electron chi connectivity index (χ3n) is 2.61. The summed E-state index contributed by atoms with van der Waals surface area (Å²) in [5, 5.41) is 2.86. The third-order valence-corrected chi connectivity index (χ3v) is 3.64. The number of likely N-dealkylation sites (N-methyl/N-ethyl adjacent to an activating group) is 1. The minimum atomic E-state index is -1.06. The van der Waals surface area contributed by atoms with Gasteiger partial charge in [-0.3, -0.25) is 0 Å². The van der Waals surface area contributed by atoms with Crippen LogP contribution in [0.15, 0.2) is 0 Å². The summed E-state index contributed by atoms with van der Waals surface area (Å²) in [4.78, 5) is 11.8. The van der Waals surface area contributed by atoms with Gasteiger partial charge in [0, 0.05) is 18.4 Å². The van der Waals surface area contributed by atoms with Crippen LogP contribution in [0.5, 0.6) is 0 Å². The molecule has 1 N–H and O–H groups in total. The van der Waals surface area contributed by atoms with Crippen molar-refractivity contribution in [3.8, 4) is 0 Å². The van der Waals surface area contributed by atoms with E-state index in [1.807, 2.05) is 41.5 Å². The molecule has 0 aliphatic rings. The summed E-state index contributed by atoms with van der Waals surface area (Å²) in [5.41, 5.74) is -0.670. The molecule has 0 saturated carbocycles. The van der Waals surface area contributed by atoms with Gasteiger partial charge >= 0.3 is 6.09 Å². The molecule has 0 aliphatic heterocycles. The lowest BCUT2D eigenvalue weighted by molar-refractivity contribution is 0.0455. The molecule has 19 heavy (non-hydrogen) atoms. The topological polar surface area (TPSA) is 64.6 Å². The van der Waals surface area contributed by atoms with E-state index in [-0.39, 0.29) is 11.5 Å². The summed E-state index contributed by atoms with van der Waals surface area (Å²) in [5.74, 6) is 0. The fraction of sp³-hybridized carbons (Fsp3) is 0.923. The third kappa shape index (κ3) is 8.34. The molecule has 0 heterocycles. The van der Waals surface area contributed by atoms with E-state index in [4.69, 9.17) is 4.74 Å². The molecule has 0 spiro atoms. The Hall–Kier alpha value is -0.460. The highest BCUT2D eigenvalue weighted by Crippen LogP contribution is 2.21. The molecule has 2 atom stereocenters. The van der Waals surface area contributed by atoms with Crippen LogP contribution in [-0.2, 0) is 16.1 Å². The molecule has 0 aromatic rings. The Labute approximate surface area is 120 Å². The van der Waals surface area contributed by atoms with Gasteiger partial charge in [-0.25, -0.2) is 4.79 Å². The molecule has 0 fully saturated rings. The monoisotopic (exact) mass is 292 g/mol. The Kier molecular flexibility index (Phi) is 6.65. The van der Waals surface area contributed by atoms with Gasteiger partial charge < -0.3 is 14.6 Å². The largest absolute Gasteiger partial charge is 0.598 e. The molecule has 0 saturated heterocycles. The standard InChI is InChI=1S/C13H28N2O3S/c1-12(2,3)10(9-15(7)19(8)17)14-11(16)18-13(4,5)6/h10H,9H2,1-8H3,(H,14,16)/t10-,19?/m1/s1. The Morgan fingerprint density at radius 1 is 1.32 bits per heavy atom. The molecule has 0 aromatic heterocycles. The van der Waals surface area contributed by atoms with Crippen LogP contribution in [0.25, 0.3) is 0 Å². The van der Waals surface area contributed by atoms with Crippen molar-refractivity contribution < 1.29 is 14.1 Å². The fourth-order valence-electron chi connectivity index (χ4n) is 1.35. The van der Waals surface area contributed by atoms with Gasteiger partial charge in [0.25, 0.3) is 0 Å². The van der Waals surface area contributed by atoms with E-state index in [1.54, 1.807) is 17.6 Å². The summed E-state index contributed by atoms with van der Waals surface area (Å²) in [6.45, 7) is 12.1. The zero-order valence-electron chi connectivity index (χ0n) is 13.4. The molecular formula is C13H28N2O3S. The van der Waals surface area contributed by atoms with Crippen LogP contribution in [-0.4, -0.2) is 46.4 Å². The minimum Gasteiger partial charge on any atom is -0.598 e. The molecule has 114 valence electrons. The number of carbonyl (C=O) groups excluding carboxylic acids is 1. The zero-order valence-corrected chi connectivity index (χ0v) is 14.2. The maximum absolute atomic E-state index is 11.8. The lowest BCUT2D eigenvalue weighted by Crippen LogP contribution is -2.51. The van der Waals surface area contributed by atoms with Crippen molar-refractivity contribution in [3.05, 3.63) is 0 Å². The van der Waals surface area contributed by atoms with Crippen molar-refractivity contribution in [1.82, 2.24) is 9.62 Å². The van der Waals surface area contributed by atoms with Crippen LogP contribution in [0.1, 0.15) is 41.5 Å².